The molecule has 2 aromatic carbocycles. The highest BCUT2D eigenvalue weighted by atomic mass is 32.2. The van der Waals surface area contributed by atoms with Gasteiger partial charge in [-0.1, -0.05) is 30.3 Å². The second kappa shape index (κ2) is 5.74. The molecule has 5 heteroatoms. The lowest BCUT2D eigenvalue weighted by molar-refractivity contribution is 0.395. The first-order chi connectivity index (χ1) is 10.4. The van der Waals surface area contributed by atoms with Crippen molar-refractivity contribution in [2.24, 2.45) is 0 Å². The van der Waals surface area contributed by atoms with E-state index in [9.17, 15) is 8.42 Å². The summed E-state index contributed by atoms with van der Waals surface area (Å²) in [6.07, 6.45) is 2.00. The number of fused-ring (bicyclic) bond motifs is 1. The van der Waals surface area contributed by atoms with Crippen LogP contribution in [0.3, 0.4) is 0 Å². The summed E-state index contributed by atoms with van der Waals surface area (Å²) in [6, 6.07) is 14.2. The van der Waals surface area contributed by atoms with Crippen LogP contribution in [0.5, 0.6) is 0 Å². The smallest absolute Gasteiger partial charge is 0.211 e. The van der Waals surface area contributed by atoms with Gasteiger partial charge in [0.05, 0.1) is 6.26 Å². The van der Waals surface area contributed by atoms with E-state index in [0.717, 1.165) is 23.4 Å². The van der Waals surface area contributed by atoms with Gasteiger partial charge in [0, 0.05) is 24.5 Å². The highest BCUT2D eigenvalue weighted by Gasteiger charge is 2.24. The van der Waals surface area contributed by atoms with Gasteiger partial charge in [-0.15, -0.1) is 0 Å². The van der Waals surface area contributed by atoms with Crippen molar-refractivity contribution in [3.8, 4) is 0 Å². The number of benzene rings is 2. The summed E-state index contributed by atoms with van der Waals surface area (Å²) in [4.78, 5) is 0. The van der Waals surface area contributed by atoms with E-state index in [4.69, 9.17) is 0 Å². The Kier molecular flexibility index (Phi) is 3.93. The van der Waals surface area contributed by atoms with Crippen LogP contribution in [0.15, 0.2) is 42.5 Å². The van der Waals surface area contributed by atoms with Gasteiger partial charge < -0.3 is 5.32 Å². The van der Waals surface area contributed by atoms with Crippen molar-refractivity contribution in [3.05, 3.63) is 59.2 Å². The van der Waals surface area contributed by atoms with Gasteiger partial charge in [0.2, 0.25) is 10.0 Å². The van der Waals surface area contributed by atoms with Gasteiger partial charge in [-0.05, 0) is 42.2 Å². The molecule has 0 bridgehead atoms. The number of aryl methyl sites for hydroxylation is 1. The molecule has 0 amide bonds. The zero-order chi connectivity index (χ0) is 15.7. The molecule has 0 atom stereocenters. The minimum atomic E-state index is -3.13. The molecule has 1 aliphatic heterocycles. The normalized spacial score (nSPS) is 15.4. The molecule has 1 heterocycles. The molecule has 0 fully saturated rings. The van der Waals surface area contributed by atoms with Crippen LogP contribution in [0.2, 0.25) is 0 Å². The number of nitrogens with zero attached hydrogens (tertiary/aromatic N) is 1. The number of para-hydroxylation sites is 1. The molecular weight excluding hydrogens is 296 g/mol. The Morgan fingerprint density at radius 1 is 1.05 bits per heavy atom. The first-order valence-electron chi connectivity index (χ1n) is 7.34. The monoisotopic (exact) mass is 316 g/mol. The summed E-state index contributed by atoms with van der Waals surface area (Å²) in [5.74, 6) is 0. The van der Waals surface area contributed by atoms with Crippen LogP contribution in [-0.4, -0.2) is 25.5 Å². The van der Waals surface area contributed by atoms with Crippen molar-refractivity contribution in [1.29, 1.82) is 0 Å². The summed E-state index contributed by atoms with van der Waals surface area (Å²) >= 11 is 0. The Bertz CT molecular complexity index is 800. The summed E-state index contributed by atoms with van der Waals surface area (Å²) < 4.78 is 25.0. The summed E-state index contributed by atoms with van der Waals surface area (Å²) in [5.41, 5.74) is 5.64. The van der Waals surface area contributed by atoms with Gasteiger partial charge in [0.1, 0.15) is 0 Å². The number of anilines is 2. The number of rotatable bonds is 3. The fourth-order valence-electron chi connectivity index (χ4n) is 2.84. The van der Waals surface area contributed by atoms with E-state index >= 15 is 0 Å². The lowest BCUT2D eigenvalue weighted by Gasteiger charge is -2.28. The Labute approximate surface area is 131 Å². The molecule has 2 aromatic rings. The van der Waals surface area contributed by atoms with Crippen molar-refractivity contribution in [1.82, 2.24) is 4.31 Å². The van der Waals surface area contributed by atoms with Gasteiger partial charge in [-0.2, -0.15) is 4.31 Å². The molecule has 0 saturated carbocycles. The third-order valence-electron chi connectivity index (χ3n) is 4.11. The highest BCUT2D eigenvalue weighted by Crippen LogP contribution is 2.30. The third-order valence-corrected chi connectivity index (χ3v) is 5.36. The molecular formula is C17H20N2O2S. The molecule has 0 aliphatic carbocycles. The summed E-state index contributed by atoms with van der Waals surface area (Å²) in [7, 11) is -3.13. The molecule has 0 radical (unpaired) electrons. The predicted octanol–water partition coefficient (Wildman–Crippen LogP) is 3.06. The molecule has 0 saturated heterocycles. The number of sulfonamides is 1. The second-order valence-electron chi connectivity index (χ2n) is 5.73. The largest absolute Gasteiger partial charge is 0.355 e. The average Bonchev–Trinajstić information content (AvgIpc) is 2.48. The molecule has 3 rings (SSSR count). The first kappa shape index (κ1) is 15.1. The maximum Gasteiger partial charge on any atom is 0.211 e. The van der Waals surface area contributed by atoms with E-state index < -0.39 is 10.0 Å². The van der Waals surface area contributed by atoms with Crippen LogP contribution in [0, 0.1) is 6.92 Å². The fourth-order valence-corrected chi connectivity index (χ4v) is 3.64. The van der Waals surface area contributed by atoms with Gasteiger partial charge in [0.15, 0.2) is 0 Å². The lowest BCUT2D eigenvalue weighted by Crippen LogP contribution is -2.35. The van der Waals surface area contributed by atoms with Crippen LogP contribution >= 0.6 is 0 Å². The van der Waals surface area contributed by atoms with E-state index in [0.29, 0.717) is 13.1 Å². The van der Waals surface area contributed by atoms with Crippen LogP contribution in [0.1, 0.15) is 16.7 Å². The van der Waals surface area contributed by atoms with E-state index in [1.54, 1.807) is 0 Å². The topological polar surface area (TPSA) is 49.4 Å². The van der Waals surface area contributed by atoms with Gasteiger partial charge in [0.25, 0.3) is 0 Å². The molecule has 0 unspecified atom stereocenters. The van der Waals surface area contributed by atoms with Crippen molar-refractivity contribution in [2.45, 2.75) is 19.9 Å². The van der Waals surface area contributed by atoms with Crippen LogP contribution < -0.4 is 5.32 Å². The van der Waals surface area contributed by atoms with Crippen LogP contribution in [0.4, 0.5) is 11.4 Å². The van der Waals surface area contributed by atoms with E-state index in [2.05, 4.69) is 30.4 Å². The lowest BCUT2D eigenvalue weighted by atomic mass is 9.98. The minimum Gasteiger partial charge on any atom is -0.355 e. The van der Waals surface area contributed by atoms with Crippen LogP contribution in [0.25, 0.3) is 0 Å². The molecule has 116 valence electrons. The van der Waals surface area contributed by atoms with Crippen molar-refractivity contribution < 1.29 is 8.42 Å². The maximum absolute atomic E-state index is 11.7. The highest BCUT2D eigenvalue weighted by molar-refractivity contribution is 7.88. The third kappa shape index (κ3) is 3.00. The maximum atomic E-state index is 11.7. The average molecular weight is 316 g/mol. The minimum absolute atomic E-state index is 0.456. The quantitative estimate of drug-likeness (QED) is 0.947. The van der Waals surface area contributed by atoms with Gasteiger partial charge >= 0.3 is 0 Å². The van der Waals surface area contributed by atoms with Crippen molar-refractivity contribution in [3.63, 3.8) is 0 Å². The SMILES string of the molecule is Cc1ccccc1Nc1cccc2c1CCN(S(C)(=O)=O)C2. The van der Waals surface area contributed by atoms with Crippen LogP contribution in [-0.2, 0) is 23.0 Å². The molecule has 0 spiro atoms. The Balaban J connectivity index is 1.92. The van der Waals surface area contributed by atoms with Crippen molar-refractivity contribution >= 4 is 21.4 Å². The molecule has 1 N–H and O–H groups in total. The van der Waals surface area contributed by atoms with Crippen molar-refractivity contribution in [2.75, 3.05) is 18.1 Å². The standard InChI is InChI=1S/C17H20N2O2S/c1-13-6-3-4-8-16(13)18-17-9-5-7-14-12-19(22(2,20)21)11-10-15(14)17/h3-9,18H,10-12H2,1-2H3. The fraction of sp³-hybridized carbons (Fsp3) is 0.294. The van der Waals surface area contributed by atoms with Gasteiger partial charge in [-0.3, -0.25) is 0 Å². The molecule has 0 aromatic heterocycles. The summed E-state index contributed by atoms with van der Waals surface area (Å²) in [6.45, 7) is 3.07. The first-order valence-corrected chi connectivity index (χ1v) is 9.18. The molecule has 1 aliphatic rings. The molecule has 4 nitrogen and oxygen atoms in total. The van der Waals surface area contributed by atoms with E-state index in [-0.39, 0.29) is 0 Å². The number of hydrogen-bond acceptors (Lipinski definition) is 3. The zero-order valence-electron chi connectivity index (χ0n) is 12.8. The zero-order valence-corrected chi connectivity index (χ0v) is 13.7. The summed E-state index contributed by atoms with van der Waals surface area (Å²) in [5, 5.41) is 3.49. The Morgan fingerprint density at radius 3 is 2.50 bits per heavy atom. The molecule has 22 heavy (non-hydrogen) atoms. The predicted molar refractivity (Wildman–Crippen MR) is 89.9 cm³/mol. The Morgan fingerprint density at radius 2 is 1.77 bits per heavy atom. The Hall–Kier alpha value is -1.85. The number of nitrogens with one attached hydrogen (secondary N) is 1. The second-order valence-corrected chi connectivity index (χ2v) is 7.71. The van der Waals surface area contributed by atoms with E-state index in [1.165, 1.54) is 21.7 Å². The van der Waals surface area contributed by atoms with Gasteiger partial charge in [-0.25, -0.2) is 8.42 Å². The number of hydrogen-bond donors (Lipinski definition) is 1. The van der Waals surface area contributed by atoms with E-state index in [1.807, 2.05) is 24.3 Å².